The van der Waals surface area contributed by atoms with Crippen LogP contribution in [0.3, 0.4) is 0 Å². The van der Waals surface area contributed by atoms with Crippen LogP contribution >= 0.6 is 0 Å². The first-order valence-corrected chi connectivity index (χ1v) is 6.30. The van der Waals surface area contributed by atoms with Crippen molar-refractivity contribution in [2.75, 3.05) is 0 Å². The Morgan fingerprint density at radius 1 is 1.10 bits per heavy atom. The molecule has 1 aromatic carbocycles. The number of aromatic nitrogens is 3. The van der Waals surface area contributed by atoms with Gasteiger partial charge in [-0.2, -0.15) is 0 Å². The summed E-state index contributed by atoms with van der Waals surface area (Å²) in [6.07, 6.45) is 1.61. The van der Waals surface area contributed by atoms with Crippen LogP contribution in [0.15, 0.2) is 64.7 Å². The van der Waals surface area contributed by atoms with Gasteiger partial charge in [0.05, 0.1) is 5.16 Å². The highest BCUT2D eigenvalue weighted by molar-refractivity contribution is 7.58. The molecular weight excluding hydrogens is 274 g/mol. The number of hydrogen-bond donors (Lipinski definition) is 0. The lowest BCUT2D eigenvalue weighted by Gasteiger charge is -2.11. The zero-order valence-electron chi connectivity index (χ0n) is 10.3. The molecule has 0 unspecified atom stereocenters. The van der Waals surface area contributed by atoms with Crippen molar-refractivity contribution in [3.05, 3.63) is 70.6 Å². The molecule has 20 heavy (non-hydrogen) atoms. The van der Waals surface area contributed by atoms with E-state index < -0.39 is 11.5 Å². The van der Waals surface area contributed by atoms with E-state index >= 15 is 0 Å². The third-order valence-corrected chi connectivity index (χ3v) is 3.13. The SMILES string of the molecule is O=C(c1ccccc1)n1c([S-])n[n+]2ccccc2c1=O. The maximum atomic E-state index is 12.4. The van der Waals surface area contributed by atoms with Gasteiger partial charge in [-0.25, -0.2) is 4.57 Å². The Morgan fingerprint density at radius 2 is 1.80 bits per heavy atom. The van der Waals surface area contributed by atoms with Gasteiger partial charge in [0, 0.05) is 17.7 Å². The standard InChI is InChI=1S/C14H9N3O2S/c18-12(10-6-2-1-3-7-10)17-13(19)11-8-4-5-9-16(11)15-14(17)20/h1-9H. The van der Waals surface area contributed by atoms with E-state index in [1.165, 1.54) is 4.52 Å². The summed E-state index contributed by atoms with van der Waals surface area (Å²) in [7, 11) is 0. The highest BCUT2D eigenvalue weighted by Crippen LogP contribution is 2.02. The minimum atomic E-state index is -0.473. The van der Waals surface area contributed by atoms with Crippen molar-refractivity contribution in [3.63, 3.8) is 0 Å². The van der Waals surface area contributed by atoms with Crippen molar-refractivity contribution in [1.82, 2.24) is 9.67 Å². The molecule has 6 heteroatoms. The molecule has 3 aromatic rings. The fourth-order valence-corrected chi connectivity index (χ4v) is 2.17. The number of benzene rings is 1. The minimum Gasteiger partial charge on any atom is -0.736 e. The molecule has 0 N–H and O–H groups in total. The highest BCUT2D eigenvalue weighted by Gasteiger charge is 2.17. The molecule has 0 aliphatic heterocycles. The first kappa shape index (κ1) is 12.4. The van der Waals surface area contributed by atoms with Gasteiger partial charge in [-0.3, -0.25) is 9.59 Å². The second-order valence-electron chi connectivity index (χ2n) is 4.12. The van der Waals surface area contributed by atoms with Crippen molar-refractivity contribution in [3.8, 4) is 0 Å². The van der Waals surface area contributed by atoms with Gasteiger partial charge in [0.25, 0.3) is 5.91 Å². The Bertz CT molecular complexity index is 859. The Hall–Kier alpha value is -2.60. The number of nitrogens with zero attached hydrogens (tertiary/aromatic N) is 3. The normalized spacial score (nSPS) is 10.6. The number of pyridine rings is 1. The van der Waals surface area contributed by atoms with Gasteiger partial charge in [-0.15, -0.1) is 0 Å². The molecule has 0 amide bonds. The third-order valence-electron chi connectivity index (χ3n) is 2.87. The van der Waals surface area contributed by atoms with Crippen molar-refractivity contribution in [2.45, 2.75) is 5.16 Å². The average molecular weight is 283 g/mol. The summed E-state index contributed by atoms with van der Waals surface area (Å²) in [4.78, 5) is 24.8. The molecule has 0 radical (unpaired) electrons. The van der Waals surface area contributed by atoms with Crippen LogP contribution < -0.4 is 10.1 Å². The second-order valence-corrected chi connectivity index (χ2v) is 4.49. The molecule has 3 rings (SSSR count). The Kier molecular flexibility index (Phi) is 3.00. The lowest BCUT2D eigenvalue weighted by atomic mass is 10.2. The summed E-state index contributed by atoms with van der Waals surface area (Å²) >= 11 is 5.05. The van der Waals surface area contributed by atoms with E-state index in [0.717, 1.165) is 4.57 Å². The van der Waals surface area contributed by atoms with E-state index in [1.807, 2.05) is 0 Å². The molecular formula is C14H9N3O2S. The molecule has 2 aromatic heterocycles. The molecule has 0 fully saturated rings. The van der Waals surface area contributed by atoms with E-state index in [4.69, 9.17) is 12.6 Å². The number of rotatable bonds is 1. The summed E-state index contributed by atoms with van der Waals surface area (Å²) in [5.74, 6) is -0.473. The maximum Gasteiger partial charge on any atom is 0.332 e. The quantitative estimate of drug-likeness (QED) is 0.484. The lowest BCUT2D eigenvalue weighted by molar-refractivity contribution is -0.587. The summed E-state index contributed by atoms with van der Waals surface area (Å²) in [5, 5.41) is 3.99. The number of hydrogen-bond acceptors (Lipinski definition) is 4. The van der Waals surface area contributed by atoms with Gasteiger partial charge in [-0.1, -0.05) is 18.2 Å². The maximum absolute atomic E-state index is 12.4. The van der Waals surface area contributed by atoms with Crippen molar-refractivity contribution >= 4 is 24.1 Å². The van der Waals surface area contributed by atoms with Crippen LogP contribution in [0.4, 0.5) is 0 Å². The van der Waals surface area contributed by atoms with Gasteiger partial charge >= 0.3 is 11.1 Å². The van der Waals surface area contributed by atoms with Crippen LogP contribution in [-0.2, 0) is 12.6 Å². The molecule has 5 nitrogen and oxygen atoms in total. The van der Waals surface area contributed by atoms with Crippen LogP contribution in [0.25, 0.3) is 5.52 Å². The first-order chi connectivity index (χ1) is 9.68. The van der Waals surface area contributed by atoms with E-state index in [9.17, 15) is 9.59 Å². The molecule has 98 valence electrons. The molecule has 0 atom stereocenters. The Labute approximate surface area is 119 Å². The number of fused-ring (bicyclic) bond motifs is 1. The van der Waals surface area contributed by atoms with E-state index in [0.29, 0.717) is 11.1 Å². The molecule has 0 saturated carbocycles. The fraction of sp³-hybridized carbons (Fsp3) is 0. The second kappa shape index (κ2) is 4.82. The van der Waals surface area contributed by atoms with Crippen molar-refractivity contribution in [1.29, 1.82) is 0 Å². The summed E-state index contributed by atoms with van der Waals surface area (Å²) in [6.45, 7) is 0. The number of carbonyl (C=O) groups excluding carboxylic acids is 1. The van der Waals surface area contributed by atoms with Gasteiger partial charge in [0.15, 0.2) is 0 Å². The van der Waals surface area contributed by atoms with Crippen molar-refractivity contribution < 1.29 is 9.31 Å². The zero-order chi connectivity index (χ0) is 14.1. The smallest absolute Gasteiger partial charge is 0.332 e. The van der Waals surface area contributed by atoms with E-state index in [1.54, 1.807) is 54.7 Å². The van der Waals surface area contributed by atoms with Gasteiger partial charge in [-0.05, 0) is 27.8 Å². The largest absolute Gasteiger partial charge is 0.736 e. The molecule has 2 heterocycles. The minimum absolute atomic E-state index is 0.0625. The third kappa shape index (κ3) is 1.96. The summed E-state index contributed by atoms with van der Waals surface area (Å²) in [6, 6.07) is 13.5. The lowest BCUT2D eigenvalue weighted by Crippen LogP contribution is -2.41. The predicted octanol–water partition coefficient (Wildman–Crippen LogP) is 0.576. The molecule has 0 spiro atoms. The van der Waals surface area contributed by atoms with Crippen LogP contribution in [0.5, 0.6) is 0 Å². The van der Waals surface area contributed by atoms with Gasteiger partial charge in [0.1, 0.15) is 0 Å². The van der Waals surface area contributed by atoms with Crippen LogP contribution in [0.2, 0.25) is 0 Å². The zero-order valence-corrected chi connectivity index (χ0v) is 11.1. The summed E-state index contributed by atoms with van der Waals surface area (Å²) < 4.78 is 2.29. The Balaban J connectivity index is 2.27. The monoisotopic (exact) mass is 283 g/mol. The first-order valence-electron chi connectivity index (χ1n) is 5.89. The van der Waals surface area contributed by atoms with Crippen LogP contribution in [0.1, 0.15) is 10.4 Å². The number of carbonyl (C=O) groups is 1. The highest BCUT2D eigenvalue weighted by atomic mass is 32.1. The topological polar surface area (TPSA) is 56.1 Å². The Morgan fingerprint density at radius 3 is 2.55 bits per heavy atom. The molecule has 0 saturated heterocycles. The average Bonchev–Trinajstić information content (AvgIpc) is 2.48. The molecule has 0 aliphatic carbocycles. The van der Waals surface area contributed by atoms with E-state index in [2.05, 4.69) is 5.10 Å². The predicted molar refractivity (Wildman–Crippen MR) is 73.5 cm³/mol. The molecule has 0 bridgehead atoms. The van der Waals surface area contributed by atoms with Gasteiger partial charge < -0.3 is 12.6 Å². The van der Waals surface area contributed by atoms with Gasteiger partial charge in [0.2, 0.25) is 6.20 Å². The fourth-order valence-electron chi connectivity index (χ4n) is 1.92. The van der Waals surface area contributed by atoms with Crippen LogP contribution in [0, 0.1) is 0 Å². The molecule has 0 aliphatic rings. The van der Waals surface area contributed by atoms with Crippen LogP contribution in [-0.4, -0.2) is 15.6 Å². The van der Waals surface area contributed by atoms with E-state index in [-0.39, 0.29) is 5.16 Å². The summed E-state index contributed by atoms with van der Waals surface area (Å²) in [5.41, 5.74) is 0.215. The van der Waals surface area contributed by atoms with Crippen molar-refractivity contribution in [2.24, 2.45) is 0 Å².